The molecule has 0 aliphatic rings. The summed E-state index contributed by atoms with van der Waals surface area (Å²) in [6.07, 6.45) is 3.53. The second kappa shape index (κ2) is 6.21. The van der Waals surface area contributed by atoms with Crippen molar-refractivity contribution in [3.05, 3.63) is 36.0 Å². The van der Waals surface area contributed by atoms with E-state index >= 15 is 0 Å². The Hall–Kier alpha value is -1.44. The molecule has 0 fully saturated rings. The quantitative estimate of drug-likeness (QED) is 0.753. The van der Waals surface area contributed by atoms with Crippen LogP contribution in [-0.2, 0) is 6.42 Å². The van der Waals surface area contributed by atoms with E-state index in [1.165, 1.54) is 29.8 Å². The van der Waals surface area contributed by atoms with Gasteiger partial charge in [0.15, 0.2) is 0 Å². The van der Waals surface area contributed by atoms with Gasteiger partial charge in [0, 0.05) is 24.1 Å². The van der Waals surface area contributed by atoms with E-state index in [0.717, 1.165) is 12.1 Å². The fourth-order valence-electron chi connectivity index (χ4n) is 1.79. The first-order chi connectivity index (χ1) is 7.69. The Morgan fingerprint density at radius 1 is 1.31 bits per heavy atom. The topological polar surface area (TPSA) is 24.1 Å². The molecule has 0 bridgehead atoms. The van der Waals surface area contributed by atoms with E-state index in [4.69, 9.17) is 0 Å². The van der Waals surface area contributed by atoms with Crippen molar-refractivity contribution in [2.24, 2.45) is 0 Å². The highest BCUT2D eigenvalue weighted by Gasteiger charge is 2.06. The highest BCUT2D eigenvalue weighted by atomic mass is 14.9. The van der Waals surface area contributed by atoms with Crippen molar-refractivity contribution in [2.75, 3.05) is 17.7 Å². The summed E-state index contributed by atoms with van der Waals surface area (Å²) in [5.41, 5.74) is 4.72. The molecule has 0 aromatic heterocycles. The third-order valence-electron chi connectivity index (χ3n) is 2.57. The highest BCUT2D eigenvalue weighted by Crippen LogP contribution is 2.26. The van der Waals surface area contributed by atoms with E-state index in [1.54, 1.807) is 0 Å². The zero-order valence-corrected chi connectivity index (χ0v) is 10.6. The van der Waals surface area contributed by atoms with Crippen LogP contribution in [0, 0.1) is 0 Å². The fourth-order valence-corrected chi connectivity index (χ4v) is 1.79. The Morgan fingerprint density at radius 3 is 2.56 bits per heavy atom. The van der Waals surface area contributed by atoms with Crippen LogP contribution in [0.15, 0.2) is 30.5 Å². The van der Waals surface area contributed by atoms with E-state index in [0.29, 0.717) is 0 Å². The molecule has 1 aromatic carbocycles. The minimum Gasteiger partial charge on any atom is -0.388 e. The Labute approximate surface area is 98.8 Å². The molecule has 0 spiro atoms. The molecular formula is C14H22N2. The van der Waals surface area contributed by atoms with Crippen LogP contribution in [0.2, 0.25) is 0 Å². The van der Waals surface area contributed by atoms with Crippen molar-refractivity contribution in [2.45, 2.75) is 33.1 Å². The summed E-state index contributed by atoms with van der Waals surface area (Å²) in [6.45, 7) is 8.09. The molecule has 1 rings (SSSR count). The summed E-state index contributed by atoms with van der Waals surface area (Å²) in [6, 6.07) is 6.29. The van der Waals surface area contributed by atoms with Gasteiger partial charge in [0.25, 0.3) is 0 Å². The second-order valence-corrected chi connectivity index (χ2v) is 4.09. The third kappa shape index (κ3) is 3.30. The van der Waals surface area contributed by atoms with Crippen molar-refractivity contribution in [3.63, 3.8) is 0 Å². The lowest BCUT2D eigenvalue weighted by Gasteiger charge is -2.15. The first-order valence-corrected chi connectivity index (χ1v) is 5.91. The van der Waals surface area contributed by atoms with Gasteiger partial charge in [-0.2, -0.15) is 0 Å². The molecule has 0 saturated carbocycles. The Balaban J connectivity index is 2.99. The summed E-state index contributed by atoms with van der Waals surface area (Å²) in [5, 5.41) is 6.57. The average Bonchev–Trinajstić information content (AvgIpc) is 2.26. The molecule has 0 heterocycles. The van der Waals surface area contributed by atoms with Crippen molar-refractivity contribution in [1.29, 1.82) is 0 Å². The zero-order chi connectivity index (χ0) is 12.0. The molecule has 2 heteroatoms. The molecule has 0 aliphatic heterocycles. The Bertz CT molecular complexity index is 356. The Morgan fingerprint density at radius 2 is 2.00 bits per heavy atom. The molecule has 2 nitrogen and oxygen atoms in total. The van der Waals surface area contributed by atoms with Crippen LogP contribution < -0.4 is 10.6 Å². The number of anilines is 2. The van der Waals surface area contributed by atoms with Crippen LogP contribution in [0.1, 0.15) is 32.3 Å². The molecule has 0 amide bonds. The largest absolute Gasteiger partial charge is 0.388 e. The molecule has 0 saturated heterocycles. The van der Waals surface area contributed by atoms with Gasteiger partial charge >= 0.3 is 0 Å². The summed E-state index contributed by atoms with van der Waals surface area (Å²) in [7, 11) is 1.97. The predicted octanol–water partition coefficient (Wildman–Crippen LogP) is 4.02. The van der Waals surface area contributed by atoms with Crippen LogP contribution in [0.4, 0.5) is 11.4 Å². The van der Waals surface area contributed by atoms with E-state index < -0.39 is 0 Å². The van der Waals surface area contributed by atoms with E-state index in [2.05, 4.69) is 42.3 Å². The van der Waals surface area contributed by atoms with Gasteiger partial charge in [-0.05, 0) is 37.5 Å². The predicted molar refractivity (Wildman–Crippen MR) is 73.0 cm³/mol. The van der Waals surface area contributed by atoms with Gasteiger partial charge in [-0.1, -0.05) is 26.0 Å². The molecule has 2 N–H and O–H groups in total. The maximum Gasteiger partial charge on any atom is 0.0434 e. The summed E-state index contributed by atoms with van der Waals surface area (Å²) in [4.78, 5) is 0. The van der Waals surface area contributed by atoms with Crippen molar-refractivity contribution >= 4 is 11.4 Å². The Kier molecular flexibility index (Phi) is 4.90. The van der Waals surface area contributed by atoms with Crippen molar-refractivity contribution < 1.29 is 0 Å². The van der Waals surface area contributed by atoms with Crippen molar-refractivity contribution in [3.8, 4) is 0 Å². The van der Waals surface area contributed by atoms with Crippen LogP contribution in [0.3, 0.4) is 0 Å². The normalized spacial score (nSPS) is 9.94. The summed E-state index contributed by atoms with van der Waals surface area (Å²) in [5.74, 6) is 0. The van der Waals surface area contributed by atoms with Gasteiger partial charge in [-0.15, -0.1) is 0 Å². The molecule has 1 aromatic rings. The van der Waals surface area contributed by atoms with Gasteiger partial charge in [0.1, 0.15) is 0 Å². The number of nitrogens with one attached hydrogen (secondary N) is 2. The fraction of sp³-hybridized carbons (Fsp3) is 0.429. The van der Waals surface area contributed by atoms with Gasteiger partial charge < -0.3 is 10.6 Å². The molecule has 88 valence electrons. The lowest BCUT2D eigenvalue weighted by Crippen LogP contribution is -2.02. The monoisotopic (exact) mass is 218 g/mol. The van der Waals surface area contributed by atoms with E-state index in [1.807, 2.05) is 14.0 Å². The van der Waals surface area contributed by atoms with Crippen LogP contribution in [-0.4, -0.2) is 7.05 Å². The van der Waals surface area contributed by atoms with Crippen LogP contribution in [0.25, 0.3) is 0 Å². The standard InChI is InChI=1S/C14H22N2/c1-5-6-8-12-13(15-4)9-7-10-14(12)16-11(2)3/h7,9-10,15-16H,2,5-6,8H2,1,3-4H3. The van der Waals surface area contributed by atoms with Gasteiger partial charge in [0.2, 0.25) is 0 Å². The first kappa shape index (κ1) is 12.6. The molecule has 0 aliphatic carbocycles. The maximum absolute atomic E-state index is 3.90. The second-order valence-electron chi connectivity index (χ2n) is 4.09. The van der Waals surface area contributed by atoms with Gasteiger partial charge in [-0.25, -0.2) is 0 Å². The highest BCUT2D eigenvalue weighted by molar-refractivity contribution is 5.66. The lowest BCUT2D eigenvalue weighted by atomic mass is 10.0. The lowest BCUT2D eigenvalue weighted by molar-refractivity contribution is 0.797. The van der Waals surface area contributed by atoms with Crippen LogP contribution in [0.5, 0.6) is 0 Å². The van der Waals surface area contributed by atoms with E-state index in [-0.39, 0.29) is 0 Å². The number of unbranched alkanes of at least 4 members (excludes halogenated alkanes) is 1. The number of allylic oxidation sites excluding steroid dienone is 1. The van der Waals surface area contributed by atoms with Gasteiger partial charge in [0.05, 0.1) is 0 Å². The maximum atomic E-state index is 3.90. The smallest absolute Gasteiger partial charge is 0.0434 e. The number of hydrogen-bond acceptors (Lipinski definition) is 2. The average molecular weight is 218 g/mol. The van der Waals surface area contributed by atoms with Gasteiger partial charge in [-0.3, -0.25) is 0 Å². The molecule has 0 atom stereocenters. The number of rotatable bonds is 6. The third-order valence-corrected chi connectivity index (χ3v) is 2.57. The SMILES string of the molecule is C=C(C)Nc1cccc(NC)c1CCCC. The number of hydrogen-bond donors (Lipinski definition) is 2. The molecular weight excluding hydrogens is 196 g/mol. The van der Waals surface area contributed by atoms with E-state index in [9.17, 15) is 0 Å². The number of benzene rings is 1. The molecule has 0 radical (unpaired) electrons. The minimum atomic E-state index is 0.978. The molecule has 0 unspecified atom stereocenters. The molecule has 16 heavy (non-hydrogen) atoms. The van der Waals surface area contributed by atoms with Crippen molar-refractivity contribution in [1.82, 2.24) is 0 Å². The summed E-state index contributed by atoms with van der Waals surface area (Å²) < 4.78 is 0. The zero-order valence-electron chi connectivity index (χ0n) is 10.6. The first-order valence-electron chi connectivity index (χ1n) is 5.91. The minimum absolute atomic E-state index is 0.978. The van der Waals surface area contributed by atoms with Crippen LogP contribution >= 0.6 is 0 Å². The summed E-state index contributed by atoms with van der Waals surface area (Å²) >= 11 is 0.